The predicted molar refractivity (Wildman–Crippen MR) is 176 cm³/mol. The summed E-state index contributed by atoms with van der Waals surface area (Å²) in [5, 5.41) is 63.5. The Kier molecular flexibility index (Phi) is 12.5. The van der Waals surface area contributed by atoms with E-state index in [0.29, 0.717) is 29.5 Å². The molecule has 0 fully saturated rings. The summed E-state index contributed by atoms with van der Waals surface area (Å²) in [6.45, 7) is 1.35. The summed E-state index contributed by atoms with van der Waals surface area (Å²) in [6, 6.07) is 17.4. The fourth-order valence-electron chi connectivity index (χ4n) is 6.68. The number of carbonyl (C=O) groups is 1. The minimum absolute atomic E-state index is 0.0392. The molecule has 4 rings (SSSR count). The molecule has 3 aromatic rings. The van der Waals surface area contributed by atoms with Crippen LogP contribution in [0.1, 0.15) is 67.2 Å². The van der Waals surface area contributed by atoms with Gasteiger partial charge in [0.15, 0.2) is 23.0 Å². The normalized spacial score (nSPS) is 23.4. The monoisotopic (exact) mass is 630 g/mol. The molecule has 0 spiro atoms. The summed E-state index contributed by atoms with van der Waals surface area (Å²) >= 11 is 0. The van der Waals surface area contributed by atoms with E-state index in [1.807, 2.05) is 30.3 Å². The van der Waals surface area contributed by atoms with E-state index in [0.717, 1.165) is 24.8 Å². The minimum atomic E-state index is -1.13. The molecule has 6 N–H and O–H groups in total. The molecule has 8 heteroatoms. The van der Waals surface area contributed by atoms with E-state index in [1.165, 1.54) is 25.3 Å². The van der Waals surface area contributed by atoms with Crippen molar-refractivity contribution in [2.45, 2.75) is 70.5 Å². The first-order valence-electron chi connectivity index (χ1n) is 16.1. The topological polar surface area (TPSA) is 148 Å². The standard InChI is InChI=1S/C38H46O8/c1-3-4-6-11-29-34(42)20-30(31-21-37(46-2)36(44)19-28(31)23-40)26(16-24-9-7-5-8-10-24)13-14-27(22-39)32(38(29)45)17-25-12-15-33(41)35(43)18-25/h5,7-10,12,15,18-19,21,26-27,29-30,32,38-41,43-45H,3-4,6,11,16-17,20,22-23H2,1-2H3. The lowest BCUT2D eigenvalue weighted by Crippen LogP contribution is -2.41. The van der Waals surface area contributed by atoms with E-state index in [9.17, 15) is 35.4 Å². The second kappa shape index (κ2) is 16.5. The van der Waals surface area contributed by atoms with Crippen molar-refractivity contribution < 1.29 is 40.2 Å². The SMILES string of the molecule is CCCCCC1C(=O)CC(c2cc(OC)c(O)cc2CO)C(Cc2ccccc2)C#CC(CO)C(Cc2ccc(O)c(O)c2)C1O. The first kappa shape index (κ1) is 34.8. The first-order chi connectivity index (χ1) is 22.2. The lowest BCUT2D eigenvalue weighted by Gasteiger charge is -2.35. The van der Waals surface area contributed by atoms with Crippen molar-refractivity contribution in [3.8, 4) is 34.8 Å². The van der Waals surface area contributed by atoms with Crippen LogP contribution in [0.5, 0.6) is 23.0 Å². The van der Waals surface area contributed by atoms with Gasteiger partial charge in [-0.05, 0) is 65.8 Å². The number of unbranched alkanes of at least 4 members (excludes halogenated alkanes) is 2. The number of ketones is 1. The molecule has 0 aliphatic heterocycles. The van der Waals surface area contributed by atoms with Crippen LogP contribution >= 0.6 is 0 Å². The van der Waals surface area contributed by atoms with Crippen molar-refractivity contribution in [3.63, 3.8) is 0 Å². The third kappa shape index (κ3) is 8.41. The highest BCUT2D eigenvalue weighted by Gasteiger charge is 2.39. The zero-order valence-corrected chi connectivity index (χ0v) is 26.6. The molecule has 46 heavy (non-hydrogen) atoms. The van der Waals surface area contributed by atoms with Crippen molar-refractivity contribution in [1.82, 2.24) is 0 Å². The van der Waals surface area contributed by atoms with Crippen LogP contribution in [0.4, 0.5) is 0 Å². The highest BCUT2D eigenvalue weighted by atomic mass is 16.5. The highest BCUT2D eigenvalue weighted by Crippen LogP contribution is 2.41. The Labute approximate surface area is 271 Å². The van der Waals surface area contributed by atoms with Crippen LogP contribution < -0.4 is 4.74 Å². The number of Topliss-reactive ketones (excluding diaryl/α,β-unsaturated/α-hetero) is 1. The molecule has 3 aromatic carbocycles. The van der Waals surface area contributed by atoms with Crippen LogP contribution in [0.2, 0.25) is 0 Å². The van der Waals surface area contributed by atoms with Gasteiger partial charge in [-0.3, -0.25) is 4.79 Å². The highest BCUT2D eigenvalue weighted by molar-refractivity contribution is 5.83. The molecule has 0 radical (unpaired) electrons. The molecule has 246 valence electrons. The molecule has 0 heterocycles. The van der Waals surface area contributed by atoms with E-state index < -0.39 is 35.7 Å². The molecule has 0 amide bonds. The Morgan fingerprint density at radius 2 is 1.59 bits per heavy atom. The van der Waals surface area contributed by atoms with Crippen LogP contribution in [-0.4, -0.2) is 56.2 Å². The maximum Gasteiger partial charge on any atom is 0.160 e. The fourth-order valence-corrected chi connectivity index (χ4v) is 6.68. The van der Waals surface area contributed by atoms with Gasteiger partial charge in [-0.2, -0.15) is 0 Å². The fraction of sp³-hybridized carbons (Fsp3) is 0.447. The summed E-state index contributed by atoms with van der Waals surface area (Å²) in [6.07, 6.45) is 2.63. The van der Waals surface area contributed by atoms with Crippen LogP contribution in [0.25, 0.3) is 0 Å². The van der Waals surface area contributed by atoms with Gasteiger partial charge in [0.25, 0.3) is 0 Å². The molecule has 6 atom stereocenters. The Balaban J connectivity index is 1.89. The smallest absolute Gasteiger partial charge is 0.160 e. The Morgan fingerprint density at radius 1 is 0.848 bits per heavy atom. The van der Waals surface area contributed by atoms with E-state index in [1.54, 1.807) is 12.1 Å². The van der Waals surface area contributed by atoms with Crippen molar-refractivity contribution >= 4 is 5.78 Å². The van der Waals surface area contributed by atoms with Crippen LogP contribution in [0.15, 0.2) is 60.7 Å². The number of hydrogen-bond donors (Lipinski definition) is 6. The predicted octanol–water partition coefficient (Wildman–Crippen LogP) is 5.25. The number of aliphatic hydroxyl groups excluding tert-OH is 3. The summed E-state index contributed by atoms with van der Waals surface area (Å²) in [7, 11) is 1.44. The molecule has 1 aliphatic rings. The summed E-state index contributed by atoms with van der Waals surface area (Å²) in [5.41, 5.74) is 2.74. The number of phenols is 3. The van der Waals surface area contributed by atoms with Gasteiger partial charge in [0.1, 0.15) is 5.78 Å². The number of ether oxygens (including phenoxy) is 1. The lowest BCUT2D eigenvalue weighted by atomic mass is 9.70. The van der Waals surface area contributed by atoms with Crippen molar-refractivity contribution in [1.29, 1.82) is 0 Å². The van der Waals surface area contributed by atoms with Gasteiger partial charge in [0, 0.05) is 36.0 Å². The van der Waals surface area contributed by atoms with Gasteiger partial charge in [-0.25, -0.2) is 0 Å². The van der Waals surface area contributed by atoms with Gasteiger partial charge < -0.3 is 35.4 Å². The van der Waals surface area contributed by atoms with Crippen LogP contribution in [0, 0.1) is 35.5 Å². The minimum Gasteiger partial charge on any atom is -0.504 e. The third-order valence-corrected chi connectivity index (χ3v) is 9.28. The summed E-state index contributed by atoms with van der Waals surface area (Å²) in [5.74, 6) is 3.08. The van der Waals surface area contributed by atoms with Crippen molar-refractivity contribution in [3.05, 3.63) is 82.9 Å². The van der Waals surface area contributed by atoms with Crippen LogP contribution in [0.3, 0.4) is 0 Å². The summed E-state index contributed by atoms with van der Waals surface area (Å²) in [4.78, 5) is 14.4. The zero-order chi connectivity index (χ0) is 33.2. The molecule has 0 saturated heterocycles. The maximum atomic E-state index is 14.4. The quantitative estimate of drug-likeness (QED) is 0.0904. The average Bonchev–Trinajstić information content (AvgIpc) is 3.06. The average molecular weight is 631 g/mol. The molecule has 8 nitrogen and oxygen atoms in total. The van der Waals surface area contributed by atoms with E-state index in [4.69, 9.17) is 4.74 Å². The Bertz CT molecular complexity index is 1510. The number of benzene rings is 3. The molecule has 0 aromatic heterocycles. The Morgan fingerprint density at radius 3 is 2.24 bits per heavy atom. The molecule has 1 aliphatic carbocycles. The van der Waals surface area contributed by atoms with Crippen molar-refractivity contribution in [2.75, 3.05) is 13.7 Å². The van der Waals surface area contributed by atoms with Gasteiger partial charge in [0.2, 0.25) is 0 Å². The van der Waals surface area contributed by atoms with Crippen molar-refractivity contribution in [2.24, 2.45) is 23.7 Å². The van der Waals surface area contributed by atoms with Gasteiger partial charge in [0.05, 0.1) is 26.4 Å². The number of aromatic hydroxyl groups is 3. The number of hydrogen-bond acceptors (Lipinski definition) is 8. The van der Waals surface area contributed by atoms with Crippen LogP contribution in [-0.2, 0) is 24.2 Å². The molecule has 0 bridgehead atoms. The molecular weight excluding hydrogens is 584 g/mol. The molecular formula is C38H46O8. The van der Waals surface area contributed by atoms with E-state index >= 15 is 0 Å². The maximum absolute atomic E-state index is 14.4. The Hall–Kier alpha value is -4.03. The second-order valence-electron chi connectivity index (χ2n) is 12.3. The largest absolute Gasteiger partial charge is 0.504 e. The number of rotatable bonds is 12. The molecule has 6 unspecified atom stereocenters. The van der Waals surface area contributed by atoms with Gasteiger partial charge in [-0.1, -0.05) is 74.4 Å². The second-order valence-corrected chi connectivity index (χ2v) is 12.3. The van der Waals surface area contributed by atoms with E-state index in [-0.39, 0.29) is 54.8 Å². The van der Waals surface area contributed by atoms with Gasteiger partial charge in [-0.15, -0.1) is 0 Å². The third-order valence-electron chi connectivity index (χ3n) is 9.28. The van der Waals surface area contributed by atoms with Gasteiger partial charge >= 0.3 is 0 Å². The summed E-state index contributed by atoms with van der Waals surface area (Å²) < 4.78 is 5.42. The first-order valence-corrected chi connectivity index (χ1v) is 16.1. The van der Waals surface area contributed by atoms with E-state index in [2.05, 4.69) is 18.8 Å². The number of methoxy groups -OCH3 is 1. The zero-order valence-electron chi connectivity index (χ0n) is 26.6. The lowest BCUT2D eigenvalue weighted by molar-refractivity contribution is -0.129. The number of phenolic OH excluding ortho intramolecular Hbond substituents is 3. The number of carbonyl (C=O) groups excluding carboxylic acids is 1. The number of aliphatic hydroxyl groups is 3. The molecule has 0 saturated carbocycles.